The minimum atomic E-state index is -4.20. The lowest BCUT2D eigenvalue weighted by Gasteiger charge is -2.23. The van der Waals surface area contributed by atoms with Gasteiger partial charge in [-0.3, -0.25) is 4.72 Å². The molecule has 1 atom stereocenters. The smallest absolute Gasteiger partial charge is 0.264 e. The van der Waals surface area contributed by atoms with Crippen molar-refractivity contribution in [3.8, 4) is 17.3 Å². The maximum atomic E-state index is 14.2. The second kappa shape index (κ2) is 11.7. The first-order valence-electron chi connectivity index (χ1n) is 12.9. The number of aromatic nitrogens is 4. The Morgan fingerprint density at radius 2 is 1.95 bits per heavy atom. The van der Waals surface area contributed by atoms with Crippen LogP contribution in [0, 0.1) is 12.7 Å². The molecule has 1 saturated heterocycles. The van der Waals surface area contributed by atoms with Gasteiger partial charge in [0.1, 0.15) is 22.7 Å². The molecule has 2 aromatic heterocycles. The van der Waals surface area contributed by atoms with Gasteiger partial charge in [-0.25, -0.2) is 22.5 Å². The van der Waals surface area contributed by atoms with E-state index in [1.807, 2.05) is 25.9 Å². The van der Waals surface area contributed by atoms with Gasteiger partial charge in [-0.05, 0) is 82.7 Å². The van der Waals surface area contributed by atoms with Crippen molar-refractivity contribution in [1.82, 2.24) is 24.6 Å². The van der Waals surface area contributed by atoms with E-state index in [2.05, 4.69) is 4.72 Å². The predicted molar refractivity (Wildman–Crippen MR) is 151 cm³/mol. The highest BCUT2D eigenvalue weighted by atomic mass is 35.5. The molecule has 4 aromatic rings. The largest absolute Gasteiger partial charge is 0.476 e. The number of fused-ring (bicyclic) bond motifs is 1. The number of sulfonamides is 1. The Hall–Kier alpha value is -3.32. The molecule has 5 rings (SSSR count). The summed E-state index contributed by atoms with van der Waals surface area (Å²) in [6.07, 6.45) is 2.64. The fraction of sp³-hybridized carbons (Fsp3) is 0.370. The van der Waals surface area contributed by atoms with Crippen LogP contribution < -0.4 is 9.46 Å². The molecule has 1 aliphatic heterocycles. The van der Waals surface area contributed by atoms with Gasteiger partial charge in [0.05, 0.1) is 5.69 Å². The van der Waals surface area contributed by atoms with E-state index in [9.17, 15) is 12.8 Å². The first kappa shape index (κ1) is 28.2. The highest BCUT2D eigenvalue weighted by Crippen LogP contribution is 2.33. The number of halogens is 2. The Bertz CT molecular complexity index is 1620. The summed E-state index contributed by atoms with van der Waals surface area (Å²) in [6.45, 7) is 3.67. The minimum absolute atomic E-state index is 0.112. The summed E-state index contributed by atoms with van der Waals surface area (Å²) in [5.41, 5.74) is 2.22. The maximum absolute atomic E-state index is 14.2. The van der Waals surface area contributed by atoms with Crippen LogP contribution in [-0.2, 0) is 14.8 Å². The summed E-state index contributed by atoms with van der Waals surface area (Å²) < 4.78 is 56.1. The van der Waals surface area contributed by atoms with E-state index in [1.165, 1.54) is 6.07 Å². The van der Waals surface area contributed by atoms with Gasteiger partial charge >= 0.3 is 0 Å². The van der Waals surface area contributed by atoms with E-state index in [1.54, 1.807) is 28.9 Å². The molecule has 0 amide bonds. The van der Waals surface area contributed by atoms with Gasteiger partial charge in [0.2, 0.25) is 5.88 Å². The summed E-state index contributed by atoms with van der Waals surface area (Å²) in [5.74, 6) is -0.0897. The van der Waals surface area contributed by atoms with Crippen LogP contribution in [0.25, 0.3) is 22.4 Å². The van der Waals surface area contributed by atoms with E-state index >= 15 is 0 Å². The van der Waals surface area contributed by atoms with Crippen LogP contribution in [0.1, 0.15) is 31.2 Å². The lowest BCUT2D eigenvalue weighted by Crippen LogP contribution is -2.20. The van der Waals surface area contributed by atoms with Crippen LogP contribution in [0.2, 0.25) is 5.02 Å². The molecule has 0 bridgehead atoms. The van der Waals surface area contributed by atoms with Crippen molar-refractivity contribution >= 4 is 38.3 Å². The molecular weight excluding hydrogens is 559 g/mol. The third-order valence-corrected chi connectivity index (χ3v) is 8.11. The van der Waals surface area contributed by atoms with E-state index in [0.717, 1.165) is 42.5 Å². The Morgan fingerprint density at radius 3 is 2.65 bits per heavy atom. The van der Waals surface area contributed by atoms with Crippen LogP contribution in [0.3, 0.4) is 0 Å². The number of ether oxygens (including phenoxy) is 2. The third kappa shape index (κ3) is 6.04. The van der Waals surface area contributed by atoms with Crippen molar-refractivity contribution < 1.29 is 22.3 Å². The van der Waals surface area contributed by atoms with Crippen molar-refractivity contribution in [3.05, 3.63) is 59.0 Å². The van der Waals surface area contributed by atoms with Crippen molar-refractivity contribution in [1.29, 1.82) is 0 Å². The molecule has 40 heavy (non-hydrogen) atoms. The zero-order chi connectivity index (χ0) is 28.4. The Labute approximate surface area is 237 Å². The van der Waals surface area contributed by atoms with Gasteiger partial charge in [-0.15, -0.1) is 0 Å². The van der Waals surface area contributed by atoms with E-state index in [-0.39, 0.29) is 16.9 Å². The molecule has 1 fully saturated rings. The molecule has 0 spiro atoms. The van der Waals surface area contributed by atoms with E-state index in [0.29, 0.717) is 42.7 Å². The number of nitrogens with one attached hydrogen (secondary N) is 1. The van der Waals surface area contributed by atoms with Gasteiger partial charge in [-0.2, -0.15) is 10.1 Å². The van der Waals surface area contributed by atoms with Crippen molar-refractivity contribution in [2.45, 2.75) is 37.3 Å². The number of anilines is 1. The van der Waals surface area contributed by atoms with Crippen molar-refractivity contribution in [2.24, 2.45) is 0 Å². The molecule has 0 aliphatic carbocycles. The quantitative estimate of drug-likeness (QED) is 0.290. The Kier molecular flexibility index (Phi) is 8.22. The molecular formula is C27H30ClFN6O4S. The summed E-state index contributed by atoms with van der Waals surface area (Å²) in [5, 5.41) is 5.57. The highest BCUT2D eigenvalue weighted by Gasteiger charge is 2.25. The monoisotopic (exact) mass is 588 g/mol. The lowest BCUT2D eigenvalue weighted by molar-refractivity contribution is -0.0371. The Morgan fingerprint density at radius 1 is 1.18 bits per heavy atom. The molecule has 13 heteroatoms. The van der Waals surface area contributed by atoms with Gasteiger partial charge in [-0.1, -0.05) is 11.6 Å². The maximum Gasteiger partial charge on any atom is 0.264 e. The zero-order valence-electron chi connectivity index (χ0n) is 22.4. The number of hydrogen-bond acceptors (Lipinski definition) is 8. The molecule has 1 aliphatic rings. The fourth-order valence-electron chi connectivity index (χ4n) is 4.43. The van der Waals surface area contributed by atoms with Crippen LogP contribution in [0.15, 0.2) is 47.4 Å². The van der Waals surface area contributed by atoms with Crippen LogP contribution in [0.4, 0.5) is 10.1 Å². The molecule has 0 radical (unpaired) electrons. The fourth-order valence-corrected chi connectivity index (χ4v) is 5.83. The first-order chi connectivity index (χ1) is 19.1. The van der Waals surface area contributed by atoms with E-state index in [4.69, 9.17) is 36.1 Å². The zero-order valence-corrected chi connectivity index (χ0v) is 24.0. The van der Waals surface area contributed by atoms with Gasteiger partial charge < -0.3 is 14.4 Å². The number of nitrogens with zero attached hydrogens (tertiary/aromatic N) is 5. The lowest BCUT2D eigenvalue weighted by atomic mass is 10.2. The molecule has 1 unspecified atom stereocenters. The Balaban J connectivity index is 1.49. The second-order valence-electron chi connectivity index (χ2n) is 9.81. The topological polar surface area (TPSA) is 111 Å². The average Bonchev–Trinajstić information content (AvgIpc) is 3.27. The number of hydrogen-bond donors (Lipinski definition) is 1. The molecule has 3 heterocycles. The van der Waals surface area contributed by atoms with Gasteiger partial charge in [0.15, 0.2) is 17.7 Å². The normalized spacial score (nSPS) is 16.0. The first-order valence-corrected chi connectivity index (χ1v) is 14.7. The third-order valence-electron chi connectivity index (χ3n) is 6.48. The molecule has 1 N–H and O–H groups in total. The predicted octanol–water partition coefficient (Wildman–Crippen LogP) is 5.03. The number of rotatable bonds is 9. The van der Waals surface area contributed by atoms with Crippen molar-refractivity contribution in [2.75, 3.05) is 38.6 Å². The van der Waals surface area contributed by atoms with Gasteiger partial charge in [0.25, 0.3) is 10.0 Å². The van der Waals surface area contributed by atoms with Crippen LogP contribution >= 0.6 is 11.6 Å². The average molecular weight is 589 g/mol. The highest BCUT2D eigenvalue weighted by molar-refractivity contribution is 7.92. The van der Waals surface area contributed by atoms with Gasteiger partial charge in [0, 0.05) is 29.4 Å². The summed E-state index contributed by atoms with van der Waals surface area (Å²) in [7, 11) is -0.277. The molecule has 10 nitrogen and oxygen atoms in total. The minimum Gasteiger partial charge on any atom is -0.476 e. The molecule has 212 valence electrons. The second-order valence-corrected chi connectivity index (χ2v) is 11.9. The number of aryl methyl sites for hydroxylation is 1. The van der Waals surface area contributed by atoms with Crippen LogP contribution in [0.5, 0.6) is 5.88 Å². The number of likely N-dealkylation sites (N-methyl/N-ethyl adjacent to an activating group) is 1. The van der Waals surface area contributed by atoms with Crippen molar-refractivity contribution in [3.63, 3.8) is 0 Å². The summed E-state index contributed by atoms with van der Waals surface area (Å²) in [6, 6.07) is 9.84. The summed E-state index contributed by atoms with van der Waals surface area (Å²) in [4.78, 5) is 11.0. The summed E-state index contributed by atoms with van der Waals surface area (Å²) >= 11 is 5.88. The van der Waals surface area contributed by atoms with E-state index < -0.39 is 20.7 Å². The standard InChI is InChI=1S/C27H30ClFN6O4S/c1-17-24-26(35(32-17)23-6-4-5-14-38-23)30-25(31-27(24)39-15-13-34(2)3)18-7-10-20(11-8-18)33-40(36,37)22-16-19(28)9-12-21(22)29/h7-12,16,23,33H,4-6,13-15H2,1-3H3. The number of benzene rings is 2. The molecule has 2 aromatic carbocycles. The SMILES string of the molecule is Cc1nn(C2CCCCO2)c2nc(-c3ccc(NS(=O)(=O)c4cc(Cl)ccc4F)cc3)nc(OCCN(C)C)c12. The molecule has 0 saturated carbocycles. The van der Waals surface area contributed by atoms with Crippen LogP contribution in [-0.4, -0.2) is 66.9 Å².